The molecule has 0 aromatic heterocycles. The standard InChI is InChI=1S/C17H15F2NO2/c18-15-8-3-12(10-16(15)19)11-22-14-6-4-13(5-7-14)20-9-1-2-17(20)21/h3-8,10H,1-2,9,11H2. The molecular weight excluding hydrogens is 288 g/mol. The highest BCUT2D eigenvalue weighted by Gasteiger charge is 2.21. The van der Waals surface area contributed by atoms with Crippen LogP contribution in [-0.4, -0.2) is 12.5 Å². The molecule has 22 heavy (non-hydrogen) atoms. The van der Waals surface area contributed by atoms with E-state index in [0.29, 0.717) is 17.7 Å². The normalized spacial score (nSPS) is 14.5. The van der Waals surface area contributed by atoms with E-state index in [1.54, 1.807) is 17.0 Å². The first-order valence-electron chi connectivity index (χ1n) is 7.10. The first-order chi connectivity index (χ1) is 10.6. The number of rotatable bonds is 4. The van der Waals surface area contributed by atoms with Crippen molar-refractivity contribution in [2.45, 2.75) is 19.4 Å². The van der Waals surface area contributed by atoms with Crippen LogP contribution < -0.4 is 9.64 Å². The van der Waals surface area contributed by atoms with Gasteiger partial charge in [0, 0.05) is 18.7 Å². The van der Waals surface area contributed by atoms with Crippen LogP contribution in [0.15, 0.2) is 42.5 Å². The molecule has 0 aliphatic carbocycles. The zero-order chi connectivity index (χ0) is 15.5. The molecule has 1 aliphatic heterocycles. The summed E-state index contributed by atoms with van der Waals surface area (Å²) in [4.78, 5) is 13.4. The van der Waals surface area contributed by atoms with E-state index in [2.05, 4.69) is 0 Å². The lowest BCUT2D eigenvalue weighted by Gasteiger charge is -2.16. The van der Waals surface area contributed by atoms with Gasteiger partial charge in [0.2, 0.25) is 5.91 Å². The molecule has 0 bridgehead atoms. The van der Waals surface area contributed by atoms with E-state index in [0.717, 1.165) is 30.8 Å². The number of nitrogens with zero attached hydrogens (tertiary/aromatic N) is 1. The van der Waals surface area contributed by atoms with Gasteiger partial charge in [0.15, 0.2) is 11.6 Å². The fraction of sp³-hybridized carbons (Fsp3) is 0.235. The molecule has 1 aliphatic rings. The first-order valence-corrected chi connectivity index (χ1v) is 7.10. The summed E-state index contributed by atoms with van der Waals surface area (Å²) in [6, 6.07) is 10.9. The molecule has 0 spiro atoms. The molecule has 0 unspecified atom stereocenters. The number of anilines is 1. The minimum Gasteiger partial charge on any atom is -0.489 e. The zero-order valence-corrected chi connectivity index (χ0v) is 11.9. The topological polar surface area (TPSA) is 29.5 Å². The molecule has 0 atom stereocenters. The number of benzene rings is 2. The Morgan fingerprint density at radius 1 is 1.05 bits per heavy atom. The first kappa shape index (κ1) is 14.5. The van der Waals surface area contributed by atoms with Gasteiger partial charge in [0.05, 0.1) is 0 Å². The van der Waals surface area contributed by atoms with Crippen molar-refractivity contribution >= 4 is 11.6 Å². The van der Waals surface area contributed by atoms with Crippen molar-refractivity contribution in [1.29, 1.82) is 0 Å². The lowest BCUT2D eigenvalue weighted by atomic mass is 10.2. The lowest BCUT2D eigenvalue weighted by molar-refractivity contribution is -0.117. The Bertz CT molecular complexity index is 686. The van der Waals surface area contributed by atoms with E-state index >= 15 is 0 Å². The predicted molar refractivity (Wildman–Crippen MR) is 78.7 cm³/mol. The van der Waals surface area contributed by atoms with E-state index in [-0.39, 0.29) is 12.5 Å². The summed E-state index contributed by atoms with van der Waals surface area (Å²) in [5.41, 5.74) is 1.40. The number of carbonyl (C=O) groups excluding carboxylic acids is 1. The van der Waals surface area contributed by atoms with E-state index in [1.165, 1.54) is 6.07 Å². The fourth-order valence-electron chi connectivity index (χ4n) is 2.44. The molecule has 2 aromatic carbocycles. The monoisotopic (exact) mass is 303 g/mol. The average molecular weight is 303 g/mol. The summed E-state index contributed by atoms with van der Waals surface area (Å²) in [6.45, 7) is 0.896. The quantitative estimate of drug-likeness (QED) is 0.862. The maximum atomic E-state index is 13.1. The van der Waals surface area contributed by atoms with Gasteiger partial charge in [-0.3, -0.25) is 4.79 Å². The van der Waals surface area contributed by atoms with Crippen molar-refractivity contribution in [2.24, 2.45) is 0 Å². The van der Waals surface area contributed by atoms with E-state index in [4.69, 9.17) is 4.74 Å². The molecule has 3 nitrogen and oxygen atoms in total. The molecule has 0 radical (unpaired) electrons. The van der Waals surface area contributed by atoms with Crippen molar-refractivity contribution in [1.82, 2.24) is 0 Å². The second-order valence-electron chi connectivity index (χ2n) is 5.18. The second-order valence-corrected chi connectivity index (χ2v) is 5.18. The van der Waals surface area contributed by atoms with Crippen molar-refractivity contribution in [3.63, 3.8) is 0 Å². The minimum atomic E-state index is -0.885. The van der Waals surface area contributed by atoms with Gasteiger partial charge in [-0.25, -0.2) is 8.78 Å². The Morgan fingerprint density at radius 3 is 2.45 bits per heavy atom. The van der Waals surface area contributed by atoms with Gasteiger partial charge in [-0.15, -0.1) is 0 Å². The molecule has 3 rings (SSSR count). The number of hydrogen-bond acceptors (Lipinski definition) is 2. The molecule has 1 heterocycles. The summed E-state index contributed by atoms with van der Waals surface area (Å²) in [5.74, 6) is -1.01. The molecule has 1 amide bonds. The predicted octanol–water partition coefficient (Wildman–Crippen LogP) is 3.67. The van der Waals surface area contributed by atoms with Crippen LogP contribution in [0, 0.1) is 11.6 Å². The average Bonchev–Trinajstić information content (AvgIpc) is 2.95. The highest BCUT2D eigenvalue weighted by molar-refractivity contribution is 5.95. The molecule has 0 N–H and O–H groups in total. The Kier molecular flexibility index (Phi) is 4.04. The van der Waals surface area contributed by atoms with Crippen LogP contribution in [0.1, 0.15) is 18.4 Å². The van der Waals surface area contributed by atoms with Gasteiger partial charge in [0.1, 0.15) is 12.4 Å². The highest BCUT2D eigenvalue weighted by atomic mass is 19.2. The summed E-state index contributed by atoms with van der Waals surface area (Å²) in [6.07, 6.45) is 1.47. The summed E-state index contributed by atoms with van der Waals surface area (Å²) < 4.78 is 31.5. The second kappa shape index (κ2) is 6.13. The Hall–Kier alpha value is -2.43. The molecular formula is C17H15F2NO2. The third-order valence-electron chi connectivity index (χ3n) is 3.61. The number of amides is 1. The van der Waals surface area contributed by atoms with Crippen LogP contribution in [0.3, 0.4) is 0 Å². The third-order valence-corrected chi connectivity index (χ3v) is 3.61. The zero-order valence-electron chi connectivity index (χ0n) is 11.9. The van der Waals surface area contributed by atoms with Gasteiger partial charge in [0.25, 0.3) is 0 Å². The van der Waals surface area contributed by atoms with Crippen molar-refractivity contribution in [3.8, 4) is 5.75 Å². The fourth-order valence-corrected chi connectivity index (χ4v) is 2.44. The molecule has 2 aromatic rings. The minimum absolute atomic E-state index is 0.135. The maximum Gasteiger partial charge on any atom is 0.227 e. The Labute approximate surface area is 127 Å². The molecule has 5 heteroatoms. The van der Waals surface area contributed by atoms with Gasteiger partial charge in [-0.05, 0) is 48.4 Å². The SMILES string of the molecule is O=C1CCCN1c1ccc(OCc2ccc(F)c(F)c2)cc1. The largest absolute Gasteiger partial charge is 0.489 e. The van der Waals surface area contributed by atoms with Crippen LogP contribution in [0.2, 0.25) is 0 Å². The van der Waals surface area contributed by atoms with Crippen LogP contribution in [-0.2, 0) is 11.4 Å². The van der Waals surface area contributed by atoms with Crippen molar-refractivity contribution < 1.29 is 18.3 Å². The van der Waals surface area contributed by atoms with E-state index < -0.39 is 11.6 Å². The third kappa shape index (κ3) is 3.08. The van der Waals surface area contributed by atoms with E-state index in [1.807, 2.05) is 12.1 Å². The molecule has 1 saturated heterocycles. The van der Waals surface area contributed by atoms with Crippen molar-refractivity contribution in [2.75, 3.05) is 11.4 Å². The van der Waals surface area contributed by atoms with Crippen LogP contribution in [0.4, 0.5) is 14.5 Å². The van der Waals surface area contributed by atoms with E-state index in [9.17, 15) is 13.6 Å². The van der Waals surface area contributed by atoms with Gasteiger partial charge in [-0.2, -0.15) is 0 Å². The highest BCUT2D eigenvalue weighted by Crippen LogP contribution is 2.24. The Morgan fingerprint density at radius 2 is 1.82 bits per heavy atom. The number of ether oxygens (including phenoxy) is 1. The van der Waals surface area contributed by atoms with Crippen LogP contribution >= 0.6 is 0 Å². The van der Waals surface area contributed by atoms with Crippen LogP contribution in [0.25, 0.3) is 0 Å². The summed E-state index contributed by atoms with van der Waals surface area (Å²) in [7, 11) is 0. The van der Waals surface area contributed by atoms with Crippen molar-refractivity contribution in [3.05, 3.63) is 59.7 Å². The Balaban J connectivity index is 1.63. The number of carbonyl (C=O) groups is 1. The summed E-state index contributed by atoms with van der Waals surface area (Å²) >= 11 is 0. The summed E-state index contributed by atoms with van der Waals surface area (Å²) in [5, 5.41) is 0. The number of halogens is 2. The maximum absolute atomic E-state index is 13.1. The van der Waals surface area contributed by atoms with Gasteiger partial charge < -0.3 is 9.64 Å². The smallest absolute Gasteiger partial charge is 0.227 e. The molecule has 1 fully saturated rings. The van der Waals surface area contributed by atoms with Gasteiger partial charge >= 0.3 is 0 Å². The lowest BCUT2D eigenvalue weighted by Crippen LogP contribution is -2.23. The van der Waals surface area contributed by atoms with Gasteiger partial charge in [-0.1, -0.05) is 6.07 Å². The molecule has 0 saturated carbocycles. The number of hydrogen-bond donors (Lipinski definition) is 0. The molecule has 114 valence electrons. The van der Waals surface area contributed by atoms with Crippen LogP contribution in [0.5, 0.6) is 5.75 Å².